The van der Waals surface area contributed by atoms with E-state index in [9.17, 15) is 4.79 Å². The van der Waals surface area contributed by atoms with E-state index in [-0.39, 0.29) is 12.5 Å². The highest BCUT2D eigenvalue weighted by atomic mass is 16.6. The minimum absolute atomic E-state index is 0.0228. The van der Waals surface area contributed by atoms with Crippen molar-refractivity contribution < 1.29 is 19.0 Å². The SMILES string of the molecule is O=C(COc1ccccc1-c1ccccc1)NCCc1ccc2c(c1)OCCO2. The molecule has 0 fully saturated rings. The van der Waals surface area contributed by atoms with Crippen molar-refractivity contribution in [2.45, 2.75) is 6.42 Å². The molecule has 1 amide bonds. The van der Waals surface area contributed by atoms with Crippen LogP contribution in [0.25, 0.3) is 11.1 Å². The van der Waals surface area contributed by atoms with Crippen molar-refractivity contribution in [3.63, 3.8) is 0 Å². The summed E-state index contributed by atoms with van der Waals surface area (Å²) in [5.74, 6) is 2.08. The van der Waals surface area contributed by atoms with Crippen molar-refractivity contribution in [1.82, 2.24) is 5.32 Å². The molecule has 0 spiro atoms. The number of hydrogen-bond acceptors (Lipinski definition) is 4. The van der Waals surface area contributed by atoms with Gasteiger partial charge < -0.3 is 19.5 Å². The first-order chi connectivity index (χ1) is 14.3. The quantitative estimate of drug-likeness (QED) is 0.667. The number of hydrogen-bond donors (Lipinski definition) is 1. The average molecular weight is 389 g/mol. The summed E-state index contributed by atoms with van der Waals surface area (Å²) < 4.78 is 16.9. The number of ether oxygens (including phenoxy) is 3. The maximum absolute atomic E-state index is 12.2. The summed E-state index contributed by atoms with van der Waals surface area (Å²) >= 11 is 0. The number of rotatable bonds is 7. The van der Waals surface area contributed by atoms with Crippen LogP contribution in [0.15, 0.2) is 72.8 Å². The number of nitrogens with one attached hydrogen (secondary N) is 1. The summed E-state index contributed by atoms with van der Waals surface area (Å²) in [5, 5.41) is 2.90. The Morgan fingerprint density at radius 1 is 0.897 bits per heavy atom. The second-order valence-corrected chi connectivity index (χ2v) is 6.73. The molecule has 0 aromatic heterocycles. The molecular weight excluding hydrogens is 366 g/mol. The summed E-state index contributed by atoms with van der Waals surface area (Å²) in [6.45, 7) is 1.65. The normalized spacial score (nSPS) is 12.3. The van der Waals surface area contributed by atoms with Crippen LogP contribution in [-0.2, 0) is 11.2 Å². The molecule has 0 unspecified atom stereocenters. The van der Waals surface area contributed by atoms with Gasteiger partial charge in [-0.05, 0) is 35.7 Å². The third kappa shape index (κ3) is 4.88. The summed E-state index contributed by atoms with van der Waals surface area (Å²) in [4.78, 5) is 12.2. The second kappa shape index (κ2) is 9.15. The van der Waals surface area contributed by atoms with E-state index in [2.05, 4.69) is 5.32 Å². The Kier molecular flexibility index (Phi) is 5.95. The molecule has 1 N–H and O–H groups in total. The molecule has 1 aliphatic heterocycles. The molecule has 1 aliphatic rings. The van der Waals surface area contributed by atoms with Crippen molar-refractivity contribution in [2.75, 3.05) is 26.4 Å². The van der Waals surface area contributed by atoms with Gasteiger partial charge in [-0.15, -0.1) is 0 Å². The predicted octanol–water partition coefficient (Wildman–Crippen LogP) is 3.86. The van der Waals surface area contributed by atoms with Crippen LogP contribution in [0, 0.1) is 0 Å². The maximum atomic E-state index is 12.2. The number of amides is 1. The summed E-state index contributed by atoms with van der Waals surface area (Å²) in [7, 11) is 0. The minimum atomic E-state index is -0.148. The Labute approximate surface area is 170 Å². The molecule has 5 heteroatoms. The van der Waals surface area contributed by atoms with Crippen LogP contribution in [0.2, 0.25) is 0 Å². The highest BCUT2D eigenvalue weighted by Gasteiger charge is 2.12. The molecule has 0 aliphatic carbocycles. The van der Waals surface area contributed by atoms with Gasteiger partial charge >= 0.3 is 0 Å². The van der Waals surface area contributed by atoms with Crippen molar-refractivity contribution in [3.05, 3.63) is 78.4 Å². The van der Waals surface area contributed by atoms with E-state index >= 15 is 0 Å². The molecule has 5 nitrogen and oxygen atoms in total. The fraction of sp³-hybridized carbons (Fsp3) is 0.208. The predicted molar refractivity (Wildman–Crippen MR) is 112 cm³/mol. The molecule has 4 rings (SSSR count). The Morgan fingerprint density at radius 2 is 1.66 bits per heavy atom. The van der Waals surface area contributed by atoms with Gasteiger partial charge in [0.15, 0.2) is 18.1 Å². The van der Waals surface area contributed by atoms with E-state index in [1.165, 1.54) is 0 Å². The molecule has 3 aromatic rings. The zero-order chi connectivity index (χ0) is 19.9. The number of fused-ring (bicyclic) bond motifs is 1. The molecule has 3 aromatic carbocycles. The number of benzene rings is 3. The maximum Gasteiger partial charge on any atom is 0.257 e. The Bertz CT molecular complexity index is 972. The second-order valence-electron chi connectivity index (χ2n) is 6.73. The lowest BCUT2D eigenvalue weighted by Gasteiger charge is -2.18. The zero-order valence-corrected chi connectivity index (χ0v) is 16.1. The van der Waals surface area contributed by atoms with E-state index < -0.39 is 0 Å². The van der Waals surface area contributed by atoms with E-state index in [1.807, 2.05) is 72.8 Å². The summed E-state index contributed by atoms with van der Waals surface area (Å²) in [6.07, 6.45) is 0.711. The molecule has 0 atom stereocenters. The van der Waals surface area contributed by atoms with Gasteiger partial charge in [-0.25, -0.2) is 0 Å². The lowest BCUT2D eigenvalue weighted by molar-refractivity contribution is -0.123. The van der Waals surface area contributed by atoms with Crippen LogP contribution in [0.4, 0.5) is 0 Å². The van der Waals surface area contributed by atoms with Crippen LogP contribution >= 0.6 is 0 Å². The molecule has 0 bridgehead atoms. The van der Waals surface area contributed by atoms with Crippen LogP contribution in [0.5, 0.6) is 17.2 Å². The highest BCUT2D eigenvalue weighted by molar-refractivity contribution is 5.78. The van der Waals surface area contributed by atoms with Gasteiger partial charge in [0, 0.05) is 12.1 Å². The zero-order valence-electron chi connectivity index (χ0n) is 16.1. The van der Waals surface area contributed by atoms with Crippen molar-refractivity contribution >= 4 is 5.91 Å². The van der Waals surface area contributed by atoms with Gasteiger partial charge in [0.05, 0.1) is 0 Å². The number of carbonyl (C=O) groups excluding carboxylic acids is 1. The fourth-order valence-electron chi connectivity index (χ4n) is 3.23. The van der Waals surface area contributed by atoms with Gasteiger partial charge in [-0.2, -0.15) is 0 Å². The van der Waals surface area contributed by atoms with Crippen LogP contribution in [-0.4, -0.2) is 32.3 Å². The Balaban J connectivity index is 1.28. The van der Waals surface area contributed by atoms with Crippen molar-refractivity contribution in [2.24, 2.45) is 0 Å². The third-order valence-corrected chi connectivity index (χ3v) is 4.67. The van der Waals surface area contributed by atoms with Gasteiger partial charge in [0.25, 0.3) is 5.91 Å². The minimum Gasteiger partial charge on any atom is -0.486 e. The topological polar surface area (TPSA) is 56.8 Å². The third-order valence-electron chi connectivity index (χ3n) is 4.67. The van der Waals surface area contributed by atoms with E-state index in [4.69, 9.17) is 14.2 Å². The molecule has 0 radical (unpaired) electrons. The number of para-hydroxylation sites is 1. The monoisotopic (exact) mass is 389 g/mol. The van der Waals surface area contributed by atoms with E-state index in [0.717, 1.165) is 28.2 Å². The lowest BCUT2D eigenvalue weighted by atomic mass is 10.1. The molecule has 0 saturated heterocycles. The van der Waals surface area contributed by atoms with Crippen LogP contribution < -0.4 is 19.5 Å². The first-order valence-electron chi connectivity index (χ1n) is 9.72. The van der Waals surface area contributed by atoms with Gasteiger partial charge in [0.2, 0.25) is 0 Å². The first-order valence-corrected chi connectivity index (χ1v) is 9.72. The fourth-order valence-corrected chi connectivity index (χ4v) is 3.23. The van der Waals surface area contributed by atoms with Crippen LogP contribution in [0.1, 0.15) is 5.56 Å². The first kappa shape index (κ1) is 18.9. The molecule has 29 heavy (non-hydrogen) atoms. The molecule has 148 valence electrons. The van der Waals surface area contributed by atoms with E-state index in [0.29, 0.717) is 31.9 Å². The summed E-state index contributed by atoms with van der Waals surface area (Å²) in [6, 6.07) is 23.6. The highest BCUT2D eigenvalue weighted by Crippen LogP contribution is 2.31. The largest absolute Gasteiger partial charge is 0.486 e. The van der Waals surface area contributed by atoms with Gasteiger partial charge in [-0.3, -0.25) is 4.79 Å². The Morgan fingerprint density at radius 3 is 2.52 bits per heavy atom. The molecule has 1 heterocycles. The molecular formula is C24H23NO4. The van der Waals surface area contributed by atoms with E-state index in [1.54, 1.807) is 0 Å². The van der Waals surface area contributed by atoms with Gasteiger partial charge in [-0.1, -0.05) is 54.6 Å². The van der Waals surface area contributed by atoms with Crippen molar-refractivity contribution in [3.8, 4) is 28.4 Å². The average Bonchev–Trinajstić information content (AvgIpc) is 2.78. The summed E-state index contributed by atoms with van der Waals surface area (Å²) in [5.41, 5.74) is 3.11. The lowest BCUT2D eigenvalue weighted by Crippen LogP contribution is -2.30. The number of carbonyl (C=O) groups is 1. The Hall–Kier alpha value is -3.47. The van der Waals surface area contributed by atoms with Crippen LogP contribution in [0.3, 0.4) is 0 Å². The molecule has 0 saturated carbocycles. The van der Waals surface area contributed by atoms with Gasteiger partial charge in [0.1, 0.15) is 19.0 Å². The standard InChI is InChI=1S/C24H23NO4/c26-24(25-13-12-18-10-11-22-23(16-18)28-15-14-27-22)17-29-21-9-5-4-8-20(21)19-6-2-1-3-7-19/h1-11,16H,12-15,17H2,(H,25,26). The van der Waals surface area contributed by atoms with Crippen molar-refractivity contribution in [1.29, 1.82) is 0 Å². The smallest absolute Gasteiger partial charge is 0.257 e.